The smallest absolute Gasteiger partial charge is 0.325 e. The highest BCUT2D eigenvalue weighted by atomic mass is 16.4. The number of aromatic amines is 1. The number of rotatable bonds is 31. The van der Waals surface area contributed by atoms with E-state index in [1.165, 1.54) is 64.5 Å². The topological polar surface area (TPSA) is 450 Å². The van der Waals surface area contributed by atoms with Crippen LogP contribution in [0, 0.1) is 5.92 Å². The van der Waals surface area contributed by atoms with Gasteiger partial charge in [0.2, 0.25) is 53.2 Å². The van der Waals surface area contributed by atoms with Gasteiger partial charge in [-0.3, -0.25) is 57.7 Å². The molecule has 0 fully saturated rings. The third kappa shape index (κ3) is 23.4. The minimum Gasteiger partial charge on any atom is -0.508 e. The molecule has 0 radical (unpaired) electrons. The molecular formula is C45H68N14O14. The predicted molar refractivity (Wildman–Crippen MR) is 259 cm³/mol. The van der Waals surface area contributed by atoms with Crippen molar-refractivity contribution >= 4 is 71.1 Å². The van der Waals surface area contributed by atoms with Crippen molar-refractivity contribution in [3.63, 3.8) is 0 Å². The number of phenols is 1. The van der Waals surface area contributed by atoms with Crippen LogP contribution in [0.1, 0.15) is 84.9 Å². The van der Waals surface area contributed by atoms with Crippen LogP contribution in [0.15, 0.2) is 41.8 Å². The predicted octanol–water partition coefficient (Wildman–Crippen LogP) is -3.98. The van der Waals surface area contributed by atoms with Crippen LogP contribution in [-0.2, 0) is 65.6 Å². The minimum atomic E-state index is -1.50. The molecule has 0 bridgehead atoms. The Morgan fingerprint density at radius 2 is 1.15 bits per heavy atom. The maximum Gasteiger partial charge on any atom is 0.325 e. The summed E-state index contributed by atoms with van der Waals surface area (Å²) in [6, 6.07) is -5.01. The summed E-state index contributed by atoms with van der Waals surface area (Å²) in [4.78, 5) is 153. The van der Waals surface area contributed by atoms with Gasteiger partial charge in [0.15, 0.2) is 5.96 Å². The van der Waals surface area contributed by atoms with E-state index in [4.69, 9.17) is 11.5 Å². The second-order valence-electron chi connectivity index (χ2n) is 17.5. The number of benzene rings is 1. The average molecular weight is 1030 g/mol. The van der Waals surface area contributed by atoms with Gasteiger partial charge >= 0.3 is 11.9 Å². The summed E-state index contributed by atoms with van der Waals surface area (Å²) in [5.74, 6) is -10.6. The number of imidazole rings is 1. The number of carboxylic acids is 2. The number of amides is 9. The Morgan fingerprint density at radius 3 is 1.70 bits per heavy atom. The number of nitrogens with one attached hydrogen (secondary N) is 10. The number of nitrogens with two attached hydrogens (primary N) is 2. The Hall–Kier alpha value is -8.33. The molecule has 28 nitrogen and oxygen atoms in total. The summed E-state index contributed by atoms with van der Waals surface area (Å²) in [5, 5.41) is 50.4. The first kappa shape index (κ1) is 60.8. The molecule has 0 spiro atoms. The average Bonchev–Trinajstić information content (AvgIpc) is 3.83. The molecule has 1 heterocycles. The van der Waals surface area contributed by atoms with Gasteiger partial charge in [0.25, 0.3) is 0 Å². The number of carbonyl (C=O) groups excluding carboxylic acids is 9. The van der Waals surface area contributed by atoms with E-state index in [0.717, 1.165) is 0 Å². The highest BCUT2D eigenvalue weighted by Crippen LogP contribution is 2.13. The number of H-pyrrole nitrogens is 1. The Balaban J connectivity index is 2.27. The molecule has 0 unspecified atom stereocenters. The van der Waals surface area contributed by atoms with Crippen LogP contribution in [0.25, 0.3) is 0 Å². The van der Waals surface area contributed by atoms with Crippen molar-refractivity contribution in [1.82, 2.24) is 57.8 Å². The van der Waals surface area contributed by atoms with Gasteiger partial charge in [-0.2, -0.15) is 0 Å². The van der Waals surface area contributed by atoms with Crippen molar-refractivity contribution in [2.24, 2.45) is 22.4 Å². The lowest BCUT2D eigenvalue weighted by molar-refractivity contribution is -0.142. The molecule has 9 amide bonds. The number of phenolic OH excluding ortho intramolecular Hbond substituents is 1. The molecule has 0 saturated heterocycles. The van der Waals surface area contributed by atoms with Crippen LogP contribution in [0.3, 0.4) is 0 Å². The third-order valence-corrected chi connectivity index (χ3v) is 10.6. The van der Waals surface area contributed by atoms with E-state index in [0.29, 0.717) is 17.7 Å². The standard InChI is InChI=1S/C45H68N14O14/c1-22(2)16-32(42(70)57-31(13-14-36(63)64)41(69)54-25(5)44(72)73)56-35(62)20-50-39(67)33(17-27-9-11-29(61)12-10-27)59-43(71)34(18-28-19-48-21-51-28)58-38(66)24(4)52-37(65)23(3)53-40(68)30(55-26(6)60)8-7-15-49-45(46)47/h9-12,19,21-25,30-34,61H,7-8,13-18,20H2,1-6H3,(H,48,51)(H,50,67)(H,52,65)(H,53,68)(H,54,69)(H,55,60)(H,56,62)(H,57,70)(H,58,66)(H,59,71)(H,63,64)(H,72,73)(H4,46,47,49)/t23-,24-,25-,30-,31-,32-,33-,34-/m0/s1. The molecule has 8 atom stereocenters. The maximum absolute atomic E-state index is 14.1. The second-order valence-corrected chi connectivity index (χ2v) is 17.5. The van der Waals surface area contributed by atoms with Crippen LogP contribution in [0.2, 0.25) is 0 Å². The normalized spacial score (nSPS) is 14.1. The summed E-state index contributed by atoms with van der Waals surface area (Å²) < 4.78 is 0. The summed E-state index contributed by atoms with van der Waals surface area (Å²) in [5.41, 5.74) is 11.5. The molecule has 0 aliphatic carbocycles. The maximum atomic E-state index is 14.1. The number of hydrogen-bond donors (Lipinski definition) is 15. The largest absolute Gasteiger partial charge is 0.508 e. The summed E-state index contributed by atoms with van der Waals surface area (Å²) >= 11 is 0. The van der Waals surface area contributed by atoms with E-state index >= 15 is 0 Å². The zero-order valence-corrected chi connectivity index (χ0v) is 41.4. The highest BCUT2D eigenvalue weighted by Gasteiger charge is 2.33. The number of nitrogens with zero attached hydrogens (tertiary/aromatic N) is 2. The van der Waals surface area contributed by atoms with Crippen molar-refractivity contribution in [3.05, 3.63) is 48.0 Å². The van der Waals surface area contributed by atoms with Gasteiger partial charge in [-0.25, -0.2) is 4.98 Å². The number of aromatic hydroxyl groups is 1. The van der Waals surface area contributed by atoms with Gasteiger partial charge in [-0.05, 0) is 70.1 Å². The monoisotopic (exact) mass is 1030 g/mol. The quantitative estimate of drug-likeness (QED) is 0.0195. The SMILES string of the molecule is CC(=O)N[C@@H](CCCN=C(N)N)C(=O)N[C@@H](C)C(=O)N[C@@H](C)C(=O)N[C@@H](Cc1cnc[nH]1)C(=O)N[C@@H](Cc1ccc(O)cc1)C(=O)NCC(=O)N[C@@H](CC(C)C)C(=O)N[C@@H](CCC(=O)O)C(=O)N[C@@H](C)C(=O)O. The van der Waals surface area contributed by atoms with Gasteiger partial charge in [0.05, 0.1) is 12.9 Å². The number of carbonyl (C=O) groups is 11. The first-order valence-corrected chi connectivity index (χ1v) is 23.2. The van der Waals surface area contributed by atoms with E-state index in [1.807, 2.05) is 0 Å². The molecule has 2 aromatic rings. The number of aromatic nitrogens is 2. The van der Waals surface area contributed by atoms with Crippen LogP contribution in [-0.4, -0.2) is 158 Å². The van der Waals surface area contributed by atoms with Crippen LogP contribution >= 0.6 is 0 Å². The summed E-state index contributed by atoms with van der Waals surface area (Å²) in [6.45, 7) is 7.92. The number of aliphatic carboxylic acids is 2. The first-order chi connectivity index (χ1) is 34.2. The molecule has 28 heteroatoms. The fourth-order valence-electron chi connectivity index (χ4n) is 6.70. The van der Waals surface area contributed by atoms with Gasteiger partial charge in [-0.15, -0.1) is 0 Å². The molecule has 402 valence electrons. The molecule has 0 saturated carbocycles. The summed E-state index contributed by atoms with van der Waals surface area (Å²) in [7, 11) is 0. The Bertz CT molecular complexity index is 2270. The molecule has 2 rings (SSSR count). The number of carboxylic acid groups (broad SMARTS) is 2. The van der Waals surface area contributed by atoms with Gasteiger partial charge < -0.3 is 79.6 Å². The van der Waals surface area contributed by atoms with Crippen molar-refractivity contribution in [1.29, 1.82) is 0 Å². The fourth-order valence-corrected chi connectivity index (χ4v) is 6.70. The first-order valence-electron chi connectivity index (χ1n) is 23.2. The zero-order valence-electron chi connectivity index (χ0n) is 41.4. The van der Waals surface area contributed by atoms with Crippen molar-refractivity contribution in [3.8, 4) is 5.75 Å². The van der Waals surface area contributed by atoms with Gasteiger partial charge in [0.1, 0.15) is 54.1 Å². The third-order valence-electron chi connectivity index (χ3n) is 10.6. The lowest BCUT2D eigenvalue weighted by Crippen LogP contribution is -2.59. The molecule has 73 heavy (non-hydrogen) atoms. The number of guanidine groups is 1. The zero-order chi connectivity index (χ0) is 54.9. The van der Waals surface area contributed by atoms with E-state index in [2.05, 4.69) is 62.8 Å². The second kappa shape index (κ2) is 30.4. The van der Waals surface area contributed by atoms with Crippen molar-refractivity contribution in [2.75, 3.05) is 13.1 Å². The fraction of sp³-hybridized carbons (Fsp3) is 0.533. The lowest BCUT2D eigenvalue weighted by Gasteiger charge is -2.26. The van der Waals surface area contributed by atoms with E-state index < -0.39 is 133 Å². The Kier molecular flexibility index (Phi) is 25.3. The lowest BCUT2D eigenvalue weighted by atomic mass is 10.0. The number of hydrogen-bond acceptors (Lipinski definition) is 14. The van der Waals surface area contributed by atoms with Crippen LogP contribution < -0.4 is 59.3 Å². The Morgan fingerprint density at radius 1 is 0.630 bits per heavy atom. The highest BCUT2D eigenvalue weighted by molar-refractivity contribution is 5.97. The Labute approximate surface area is 420 Å². The minimum absolute atomic E-state index is 0.00911. The van der Waals surface area contributed by atoms with Gasteiger partial charge in [-0.1, -0.05) is 26.0 Å². The van der Waals surface area contributed by atoms with Crippen molar-refractivity contribution in [2.45, 2.75) is 135 Å². The summed E-state index contributed by atoms with van der Waals surface area (Å²) in [6.07, 6.45) is 1.76. The van der Waals surface area contributed by atoms with Crippen molar-refractivity contribution < 1.29 is 68.1 Å². The van der Waals surface area contributed by atoms with Crippen LogP contribution in [0.4, 0.5) is 0 Å². The van der Waals surface area contributed by atoms with E-state index in [9.17, 15) is 68.1 Å². The molecule has 1 aromatic heterocycles. The molecule has 17 N–H and O–H groups in total. The molecule has 1 aromatic carbocycles. The molecular weight excluding hydrogens is 961 g/mol. The molecule has 0 aliphatic heterocycles. The number of aliphatic imine (C=N–C) groups is 1. The van der Waals surface area contributed by atoms with E-state index in [-0.39, 0.29) is 49.9 Å². The molecule has 0 aliphatic rings. The van der Waals surface area contributed by atoms with E-state index in [1.54, 1.807) is 13.8 Å². The van der Waals surface area contributed by atoms with Gasteiger partial charge in [0, 0.05) is 44.6 Å². The van der Waals surface area contributed by atoms with Crippen LogP contribution in [0.5, 0.6) is 5.75 Å².